The van der Waals surface area contributed by atoms with Crippen molar-refractivity contribution in [3.8, 4) is 0 Å². The summed E-state index contributed by atoms with van der Waals surface area (Å²) >= 11 is 1.45. The van der Waals surface area contributed by atoms with Gasteiger partial charge in [0.25, 0.3) is 0 Å². The second kappa shape index (κ2) is 6.52. The number of ether oxygens (including phenoxy) is 1. The van der Waals surface area contributed by atoms with Gasteiger partial charge in [0.2, 0.25) is 0 Å². The molecule has 0 aliphatic heterocycles. The molecule has 1 aromatic heterocycles. The minimum atomic E-state index is -0.362. The van der Waals surface area contributed by atoms with Crippen LogP contribution in [-0.2, 0) is 11.3 Å². The van der Waals surface area contributed by atoms with Gasteiger partial charge in [-0.25, -0.2) is 9.78 Å². The summed E-state index contributed by atoms with van der Waals surface area (Å²) in [6.45, 7) is 4.98. The van der Waals surface area contributed by atoms with Crippen LogP contribution in [0.5, 0.6) is 0 Å². The lowest BCUT2D eigenvalue weighted by Crippen LogP contribution is -2.16. The van der Waals surface area contributed by atoms with Crippen LogP contribution in [0.1, 0.15) is 28.5 Å². The minimum Gasteiger partial charge on any atom is -0.461 e. The van der Waals surface area contributed by atoms with E-state index in [0.29, 0.717) is 12.3 Å². The molecule has 0 spiro atoms. The third-order valence-corrected chi connectivity index (χ3v) is 3.80. The van der Waals surface area contributed by atoms with E-state index >= 15 is 0 Å². The highest BCUT2D eigenvalue weighted by Crippen LogP contribution is 2.21. The summed E-state index contributed by atoms with van der Waals surface area (Å²) in [5.41, 5.74) is 2.84. The third kappa shape index (κ3) is 3.57. The quantitative estimate of drug-likeness (QED) is 0.793. The molecule has 4 nitrogen and oxygen atoms in total. The summed E-state index contributed by atoms with van der Waals surface area (Å²) in [7, 11) is 1.97. The predicted octanol–water partition coefficient (Wildman–Crippen LogP) is 3.26. The van der Waals surface area contributed by atoms with E-state index in [-0.39, 0.29) is 5.97 Å². The van der Waals surface area contributed by atoms with Crippen molar-refractivity contribution in [1.82, 2.24) is 4.98 Å². The lowest BCUT2D eigenvalue weighted by Gasteiger charge is -2.15. The highest BCUT2D eigenvalue weighted by molar-refractivity contribution is 7.13. The predicted molar refractivity (Wildman–Crippen MR) is 81.4 cm³/mol. The topological polar surface area (TPSA) is 42.4 Å². The van der Waals surface area contributed by atoms with Gasteiger partial charge >= 0.3 is 5.97 Å². The van der Waals surface area contributed by atoms with Crippen molar-refractivity contribution >= 4 is 22.4 Å². The van der Waals surface area contributed by atoms with Crippen molar-refractivity contribution in [2.75, 3.05) is 18.6 Å². The summed E-state index contributed by atoms with van der Waals surface area (Å²) in [6, 6.07) is 8.39. The molecule has 0 radical (unpaired) electrons. The van der Waals surface area contributed by atoms with Gasteiger partial charge in [-0.2, -0.15) is 0 Å². The van der Waals surface area contributed by atoms with Crippen molar-refractivity contribution < 1.29 is 9.53 Å². The number of hydrogen-bond acceptors (Lipinski definition) is 5. The van der Waals surface area contributed by atoms with Crippen LogP contribution in [-0.4, -0.2) is 24.6 Å². The smallest absolute Gasteiger partial charge is 0.357 e. The van der Waals surface area contributed by atoms with Crippen LogP contribution in [0.3, 0.4) is 0 Å². The first-order chi connectivity index (χ1) is 9.60. The van der Waals surface area contributed by atoms with E-state index in [2.05, 4.69) is 36.2 Å². The number of carbonyl (C=O) groups excluding carboxylic acids is 1. The van der Waals surface area contributed by atoms with Crippen molar-refractivity contribution in [2.45, 2.75) is 20.4 Å². The molecule has 0 N–H and O–H groups in total. The van der Waals surface area contributed by atoms with Gasteiger partial charge in [0, 0.05) is 19.0 Å². The molecule has 0 saturated heterocycles. The zero-order valence-corrected chi connectivity index (χ0v) is 12.7. The minimum absolute atomic E-state index is 0.362. The number of benzene rings is 1. The molecule has 1 heterocycles. The molecule has 0 unspecified atom stereocenters. The normalized spacial score (nSPS) is 10.3. The number of esters is 1. The molecule has 5 heteroatoms. The first-order valence-corrected chi connectivity index (χ1v) is 7.37. The van der Waals surface area contributed by atoms with Gasteiger partial charge in [0.1, 0.15) is 0 Å². The largest absolute Gasteiger partial charge is 0.461 e. The number of carbonyl (C=O) groups is 1. The second-order valence-corrected chi connectivity index (χ2v) is 5.41. The van der Waals surface area contributed by atoms with E-state index in [1.54, 1.807) is 12.3 Å². The fourth-order valence-electron chi connectivity index (χ4n) is 1.77. The standard InChI is InChI=1S/C15H18N2O2S/c1-4-19-14(18)13-10-20-15(16-13)17(3)9-12-7-5-11(2)6-8-12/h5-8,10H,4,9H2,1-3H3. The average molecular weight is 290 g/mol. The maximum Gasteiger partial charge on any atom is 0.357 e. The molecule has 0 aliphatic rings. The van der Waals surface area contributed by atoms with E-state index in [4.69, 9.17) is 4.74 Å². The van der Waals surface area contributed by atoms with Gasteiger partial charge in [-0.1, -0.05) is 29.8 Å². The van der Waals surface area contributed by atoms with Gasteiger partial charge in [-0.3, -0.25) is 0 Å². The van der Waals surface area contributed by atoms with Gasteiger partial charge < -0.3 is 9.64 Å². The van der Waals surface area contributed by atoms with Gasteiger partial charge in [-0.05, 0) is 19.4 Å². The Labute approximate surface area is 123 Å². The Morgan fingerprint density at radius 2 is 2.05 bits per heavy atom. The molecule has 20 heavy (non-hydrogen) atoms. The summed E-state index contributed by atoms with van der Waals surface area (Å²) in [5, 5.41) is 2.55. The molecule has 2 rings (SSSR count). The molecular formula is C15H18N2O2S. The lowest BCUT2D eigenvalue weighted by atomic mass is 10.1. The third-order valence-electron chi connectivity index (χ3n) is 2.84. The maximum atomic E-state index is 11.6. The van der Waals surface area contributed by atoms with E-state index in [1.165, 1.54) is 22.5 Å². The summed E-state index contributed by atoms with van der Waals surface area (Å²) < 4.78 is 4.94. The van der Waals surface area contributed by atoms with Gasteiger partial charge in [0.15, 0.2) is 10.8 Å². The zero-order chi connectivity index (χ0) is 14.5. The second-order valence-electron chi connectivity index (χ2n) is 4.58. The number of anilines is 1. The Balaban J connectivity index is 2.04. The van der Waals surface area contributed by atoms with Crippen molar-refractivity contribution in [3.05, 3.63) is 46.5 Å². The molecule has 0 fully saturated rings. The van der Waals surface area contributed by atoms with E-state index < -0.39 is 0 Å². The molecule has 0 bridgehead atoms. The Kier molecular flexibility index (Phi) is 4.74. The van der Waals surface area contributed by atoms with Crippen LogP contribution in [0.2, 0.25) is 0 Å². The monoisotopic (exact) mass is 290 g/mol. The Morgan fingerprint density at radius 1 is 1.35 bits per heavy atom. The molecule has 2 aromatic rings. The fraction of sp³-hybridized carbons (Fsp3) is 0.333. The van der Waals surface area contributed by atoms with Gasteiger partial charge in [0.05, 0.1) is 6.61 Å². The van der Waals surface area contributed by atoms with Crippen LogP contribution < -0.4 is 4.90 Å². The number of nitrogens with zero attached hydrogens (tertiary/aromatic N) is 2. The molecule has 1 aromatic carbocycles. The van der Waals surface area contributed by atoms with Crippen LogP contribution >= 0.6 is 11.3 Å². The SMILES string of the molecule is CCOC(=O)c1csc(N(C)Cc2ccc(C)cc2)n1. The average Bonchev–Trinajstić information content (AvgIpc) is 2.91. The fourth-order valence-corrected chi connectivity index (χ4v) is 2.53. The van der Waals surface area contributed by atoms with Crippen LogP contribution in [0, 0.1) is 6.92 Å². The molecule has 0 atom stereocenters. The van der Waals surface area contributed by atoms with E-state index in [9.17, 15) is 4.79 Å². The highest BCUT2D eigenvalue weighted by Gasteiger charge is 2.13. The van der Waals surface area contributed by atoms with E-state index in [1.807, 2.05) is 11.9 Å². The Hall–Kier alpha value is -1.88. The van der Waals surface area contributed by atoms with Crippen LogP contribution in [0.25, 0.3) is 0 Å². The Bertz CT molecular complexity index is 578. The Morgan fingerprint density at radius 3 is 2.70 bits per heavy atom. The molecule has 0 saturated carbocycles. The molecular weight excluding hydrogens is 272 g/mol. The van der Waals surface area contributed by atoms with E-state index in [0.717, 1.165) is 11.7 Å². The van der Waals surface area contributed by atoms with Crippen molar-refractivity contribution in [1.29, 1.82) is 0 Å². The summed E-state index contributed by atoms with van der Waals surface area (Å²) in [5.74, 6) is -0.362. The number of aryl methyl sites for hydroxylation is 1. The van der Waals surface area contributed by atoms with Crippen molar-refractivity contribution in [2.24, 2.45) is 0 Å². The molecule has 0 aliphatic carbocycles. The first kappa shape index (κ1) is 14.5. The zero-order valence-electron chi connectivity index (χ0n) is 11.9. The summed E-state index contributed by atoms with van der Waals surface area (Å²) in [6.07, 6.45) is 0. The number of hydrogen-bond donors (Lipinski definition) is 0. The number of thiazole rings is 1. The van der Waals surface area contributed by atoms with Gasteiger partial charge in [-0.15, -0.1) is 11.3 Å². The highest BCUT2D eigenvalue weighted by atomic mass is 32.1. The number of aromatic nitrogens is 1. The molecule has 106 valence electrons. The van der Waals surface area contributed by atoms with Crippen LogP contribution in [0.4, 0.5) is 5.13 Å². The summed E-state index contributed by atoms with van der Waals surface area (Å²) in [4.78, 5) is 17.9. The lowest BCUT2D eigenvalue weighted by molar-refractivity contribution is 0.0520. The molecule has 0 amide bonds. The maximum absolute atomic E-state index is 11.6. The number of rotatable bonds is 5. The van der Waals surface area contributed by atoms with Crippen molar-refractivity contribution in [3.63, 3.8) is 0 Å². The van der Waals surface area contributed by atoms with Crippen LogP contribution in [0.15, 0.2) is 29.6 Å². The first-order valence-electron chi connectivity index (χ1n) is 6.49.